The number of anilines is 1. The lowest BCUT2D eigenvalue weighted by Crippen LogP contribution is -2.42. The van der Waals surface area contributed by atoms with Gasteiger partial charge in [-0.3, -0.25) is 14.5 Å². The maximum atomic E-state index is 13.0. The number of amides is 1. The van der Waals surface area contributed by atoms with E-state index in [4.69, 9.17) is 5.11 Å². The minimum Gasteiger partial charge on any atom is -0.481 e. The van der Waals surface area contributed by atoms with E-state index < -0.39 is 17.7 Å². The molecule has 0 radical (unpaired) electrons. The maximum absolute atomic E-state index is 13.0. The summed E-state index contributed by atoms with van der Waals surface area (Å²) in [6.45, 7) is 1.21. The lowest BCUT2D eigenvalue weighted by Gasteiger charge is -2.29. The summed E-state index contributed by atoms with van der Waals surface area (Å²) in [5, 5.41) is 11.6. The quantitative estimate of drug-likeness (QED) is 0.878. The molecule has 1 fully saturated rings. The molecule has 1 aliphatic rings. The van der Waals surface area contributed by atoms with Crippen LogP contribution in [0, 0.1) is 11.7 Å². The fraction of sp³-hybridized carbons (Fsp3) is 0.429. The first-order chi connectivity index (χ1) is 9.54. The molecule has 108 valence electrons. The monoisotopic (exact) mass is 280 g/mol. The van der Waals surface area contributed by atoms with E-state index in [0.717, 1.165) is 6.42 Å². The second-order valence-electron chi connectivity index (χ2n) is 4.97. The van der Waals surface area contributed by atoms with Crippen LogP contribution in [-0.4, -0.2) is 41.5 Å². The second kappa shape index (κ2) is 6.47. The minimum absolute atomic E-state index is 0.125. The zero-order chi connectivity index (χ0) is 14.5. The summed E-state index contributed by atoms with van der Waals surface area (Å²) in [6, 6.07) is 5.68. The highest BCUT2D eigenvalue weighted by molar-refractivity contribution is 5.92. The predicted molar refractivity (Wildman–Crippen MR) is 71.8 cm³/mol. The van der Waals surface area contributed by atoms with Crippen molar-refractivity contribution in [3.8, 4) is 0 Å². The summed E-state index contributed by atoms with van der Waals surface area (Å²) in [4.78, 5) is 24.6. The number of hydrogen-bond acceptors (Lipinski definition) is 3. The third-order valence-electron chi connectivity index (χ3n) is 3.33. The van der Waals surface area contributed by atoms with E-state index in [9.17, 15) is 14.0 Å². The molecule has 0 spiro atoms. The summed E-state index contributed by atoms with van der Waals surface area (Å²) >= 11 is 0. The van der Waals surface area contributed by atoms with Gasteiger partial charge in [0.25, 0.3) is 0 Å². The second-order valence-corrected chi connectivity index (χ2v) is 4.97. The molecule has 0 saturated carbocycles. The van der Waals surface area contributed by atoms with Crippen molar-refractivity contribution in [3.05, 3.63) is 30.1 Å². The van der Waals surface area contributed by atoms with Crippen molar-refractivity contribution in [1.29, 1.82) is 0 Å². The first-order valence-corrected chi connectivity index (χ1v) is 6.55. The normalized spacial score (nSPS) is 19.6. The van der Waals surface area contributed by atoms with Crippen molar-refractivity contribution in [1.82, 2.24) is 4.90 Å². The topological polar surface area (TPSA) is 69.6 Å². The molecule has 1 amide bonds. The number of rotatable bonds is 4. The molecule has 0 aromatic heterocycles. The van der Waals surface area contributed by atoms with Gasteiger partial charge in [-0.1, -0.05) is 6.07 Å². The Hall–Kier alpha value is -1.95. The van der Waals surface area contributed by atoms with Crippen LogP contribution in [0.3, 0.4) is 0 Å². The Morgan fingerprint density at radius 3 is 2.95 bits per heavy atom. The fourth-order valence-electron chi connectivity index (χ4n) is 2.37. The summed E-state index contributed by atoms with van der Waals surface area (Å²) in [5.41, 5.74) is 0.404. The molecule has 2 N–H and O–H groups in total. The van der Waals surface area contributed by atoms with Crippen LogP contribution in [0.2, 0.25) is 0 Å². The molecule has 20 heavy (non-hydrogen) atoms. The number of hydrogen-bond donors (Lipinski definition) is 2. The van der Waals surface area contributed by atoms with Crippen LogP contribution in [0.5, 0.6) is 0 Å². The van der Waals surface area contributed by atoms with Crippen molar-refractivity contribution in [2.45, 2.75) is 12.8 Å². The van der Waals surface area contributed by atoms with Gasteiger partial charge in [-0.05, 0) is 37.6 Å². The Morgan fingerprint density at radius 2 is 2.25 bits per heavy atom. The highest BCUT2D eigenvalue weighted by Crippen LogP contribution is 2.16. The van der Waals surface area contributed by atoms with E-state index in [1.165, 1.54) is 18.2 Å². The number of carboxylic acid groups (broad SMARTS) is 1. The number of benzene rings is 1. The fourth-order valence-corrected chi connectivity index (χ4v) is 2.37. The van der Waals surface area contributed by atoms with Crippen LogP contribution < -0.4 is 5.32 Å². The Balaban J connectivity index is 1.86. The standard InChI is InChI=1S/C14H17FN2O3/c15-11-4-1-5-12(7-11)16-13(18)9-17-6-2-3-10(8-17)14(19)20/h1,4-5,7,10H,2-3,6,8-9H2,(H,16,18)(H,19,20). The highest BCUT2D eigenvalue weighted by Gasteiger charge is 2.26. The Bertz CT molecular complexity index is 507. The van der Waals surface area contributed by atoms with Gasteiger partial charge in [-0.15, -0.1) is 0 Å². The Morgan fingerprint density at radius 1 is 1.45 bits per heavy atom. The molecule has 1 heterocycles. The van der Waals surface area contributed by atoms with Crippen molar-refractivity contribution < 1.29 is 19.1 Å². The number of carboxylic acids is 1. The number of likely N-dealkylation sites (tertiary alicyclic amines) is 1. The van der Waals surface area contributed by atoms with Gasteiger partial charge in [-0.25, -0.2) is 4.39 Å². The number of piperidine rings is 1. The van der Waals surface area contributed by atoms with Gasteiger partial charge in [0, 0.05) is 12.2 Å². The van der Waals surface area contributed by atoms with Crippen LogP contribution in [0.15, 0.2) is 24.3 Å². The highest BCUT2D eigenvalue weighted by atomic mass is 19.1. The summed E-state index contributed by atoms with van der Waals surface area (Å²) in [5.74, 6) is -1.90. The summed E-state index contributed by atoms with van der Waals surface area (Å²) < 4.78 is 13.0. The zero-order valence-electron chi connectivity index (χ0n) is 11.0. The lowest BCUT2D eigenvalue weighted by molar-refractivity contribution is -0.144. The molecule has 0 bridgehead atoms. The number of nitrogens with zero attached hydrogens (tertiary/aromatic N) is 1. The SMILES string of the molecule is O=C(CN1CCCC(C(=O)O)C1)Nc1cccc(F)c1. The van der Waals surface area contributed by atoms with Gasteiger partial charge in [0.1, 0.15) is 5.82 Å². The van der Waals surface area contributed by atoms with E-state index in [-0.39, 0.29) is 12.5 Å². The molecule has 1 aromatic carbocycles. The summed E-state index contributed by atoms with van der Waals surface area (Å²) in [7, 11) is 0. The molecule has 6 heteroatoms. The van der Waals surface area contributed by atoms with Gasteiger partial charge in [0.15, 0.2) is 0 Å². The molecule has 1 saturated heterocycles. The number of carbonyl (C=O) groups excluding carboxylic acids is 1. The van der Waals surface area contributed by atoms with Crippen LogP contribution in [0.1, 0.15) is 12.8 Å². The third kappa shape index (κ3) is 4.03. The van der Waals surface area contributed by atoms with Crippen molar-refractivity contribution in [3.63, 3.8) is 0 Å². The van der Waals surface area contributed by atoms with E-state index in [1.54, 1.807) is 6.07 Å². The van der Waals surface area contributed by atoms with Gasteiger partial charge in [0.2, 0.25) is 5.91 Å². The average molecular weight is 280 g/mol. The third-order valence-corrected chi connectivity index (χ3v) is 3.33. The van der Waals surface area contributed by atoms with Gasteiger partial charge < -0.3 is 10.4 Å². The largest absolute Gasteiger partial charge is 0.481 e. The molecule has 1 unspecified atom stereocenters. The predicted octanol–water partition coefficient (Wildman–Crippen LogP) is 1.56. The molecule has 1 aliphatic heterocycles. The lowest BCUT2D eigenvalue weighted by atomic mass is 9.98. The van der Waals surface area contributed by atoms with Crippen molar-refractivity contribution in [2.75, 3.05) is 25.0 Å². The Kier molecular flexibility index (Phi) is 4.68. The van der Waals surface area contributed by atoms with Crippen LogP contribution in [0.25, 0.3) is 0 Å². The van der Waals surface area contributed by atoms with Gasteiger partial charge in [0.05, 0.1) is 12.5 Å². The molecule has 1 aromatic rings. The van der Waals surface area contributed by atoms with Crippen molar-refractivity contribution >= 4 is 17.6 Å². The first kappa shape index (κ1) is 14.5. The van der Waals surface area contributed by atoms with E-state index in [0.29, 0.717) is 25.2 Å². The average Bonchev–Trinajstić information content (AvgIpc) is 2.38. The van der Waals surface area contributed by atoms with Gasteiger partial charge >= 0.3 is 5.97 Å². The number of aliphatic carboxylic acids is 1. The molecule has 5 nitrogen and oxygen atoms in total. The smallest absolute Gasteiger partial charge is 0.307 e. The molecule has 2 rings (SSSR count). The Labute approximate surface area is 116 Å². The van der Waals surface area contributed by atoms with Crippen molar-refractivity contribution in [2.24, 2.45) is 5.92 Å². The first-order valence-electron chi connectivity index (χ1n) is 6.55. The number of halogens is 1. The molecular weight excluding hydrogens is 263 g/mol. The summed E-state index contributed by atoms with van der Waals surface area (Å²) in [6.07, 6.45) is 1.42. The minimum atomic E-state index is -0.819. The van der Waals surface area contributed by atoms with E-state index in [2.05, 4.69) is 5.32 Å². The molecular formula is C14H17FN2O3. The zero-order valence-corrected chi connectivity index (χ0v) is 11.0. The van der Waals surface area contributed by atoms with E-state index >= 15 is 0 Å². The van der Waals surface area contributed by atoms with E-state index in [1.807, 2.05) is 4.90 Å². The number of carbonyl (C=O) groups is 2. The molecule has 1 atom stereocenters. The van der Waals surface area contributed by atoms with Crippen LogP contribution in [-0.2, 0) is 9.59 Å². The van der Waals surface area contributed by atoms with Crippen LogP contribution in [0.4, 0.5) is 10.1 Å². The van der Waals surface area contributed by atoms with Gasteiger partial charge in [-0.2, -0.15) is 0 Å². The maximum Gasteiger partial charge on any atom is 0.307 e. The number of nitrogens with one attached hydrogen (secondary N) is 1. The molecule has 0 aliphatic carbocycles. The van der Waals surface area contributed by atoms with Crippen LogP contribution >= 0.6 is 0 Å².